The average molecular weight is 512 g/mol. The van der Waals surface area contributed by atoms with E-state index in [0.717, 1.165) is 46.8 Å². The van der Waals surface area contributed by atoms with Crippen molar-refractivity contribution in [3.8, 4) is 12.3 Å². The van der Waals surface area contributed by atoms with E-state index in [9.17, 15) is 18.0 Å². The van der Waals surface area contributed by atoms with Gasteiger partial charge in [0.05, 0.1) is 16.8 Å². The fraction of sp³-hybridized carbons (Fsp3) is 0.450. The van der Waals surface area contributed by atoms with Crippen LogP contribution in [0.5, 0.6) is 0 Å². The molecule has 1 saturated carbocycles. The molecule has 0 atom stereocenters. The first kappa shape index (κ1) is 22.7. The number of amides is 2. The number of nitrogens with one attached hydrogen (secondary N) is 1. The van der Waals surface area contributed by atoms with E-state index >= 15 is 0 Å². The Labute approximate surface area is 187 Å². The second-order valence-corrected chi connectivity index (χ2v) is 11.2. The molecule has 160 valence electrons. The second kappa shape index (κ2) is 9.90. The Kier molecular flexibility index (Phi) is 7.50. The number of rotatable bonds is 6. The van der Waals surface area contributed by atoms with E-state index in [4.69, 9.17) is 6.42 Å². The van der Waals surface area contributed by atoms with Gasteiger partial charge in [-0.3, -0.25) is 9.59 Å². The molecular formula is C20H22BrN3O4S2. The van der Waals surface area contributed by atoms with Gasteiger partial charge in [-0.25, -0.2) is 8.42 Å². The predicted molar refractivity (Wildman–Crippen MR) is 121 cm³/mol. The van der Waals surface area contributed by atoms with Crippen molar-refractivity contribution in [1.82, 2.24) is 9.88 Å². The van der Waals surface area contributed by atoms with Crippen LogP contribution in [0.15, 0.2) is 27.7 Å². The van der Waals surface area contributed by atoms with Crippen LogP contribution in [0, 0.1) is 12.3 Å². The van der Waals surface area contributed by atoms with Gasteiger partial charge in [-0.2, -0.15) is 4.99 Å². The predicted octanol–water partition coefficient (Wildman–Crippen LogP) is 2.39. The molecule has 2 aromatic rings. The highest BCUT2D eigenvalue weighted by molar-refractivity contribution is 9.10. The highest BCUT2D eigenvalue weighted by atomic mass is 79.9. The molecule has 2 amide bonds. The van der Waals surface area contributed by atoms with Crippen molar-refractivity contribution in [2.75, 3.05) is 11.5 Å². The van der Waals surface area contributed by atoms with Crippen molar-refractivity contribution in [2.24, 2.45) is 4.99 Å². The van der Waals surface area contributed by atoms with Gasteiger partial charge in [-0.05, 0) is 31.0 Å². The highest BCUT2D eigenvalue weighted by Gasteiger charge is 2.23. The van der Waals surface area contributed by atoms with Gasteiger partial charge in [0.2, 0.25) is 5.91 Å². The van der Waals surface area contributed by atoms with Crippen LogP contribution in [0.25, 0.3) is 10.2 Å². The molecule has 1 fully saturated rings. The molecule has 3 rings (SSSR count). The lowest BCUT2D eigenvalue weighted by atomic mass is 9.95. The second-order valence-electron chi connectivity index (χ2n) is 7.23. The summed E-state index contributed by atoms with van der Waals surface area (Å²) in [4.78, 5) is 28.7. The smallest absolute Gasteiger partial charge is 0.263 e. The first-order valence-electron chi connectivity index (χ1n) is 9.57. The first-order valence-corrected chi connectivity index (χ1v) is 13.0. The molecule has 0 radical (unpaired) electrons. The van der Waals surface area contributed by atoms with Crippen LogP contribution in [0.3, 0.4) is 0 Å². The van der Waals surface area contributed by atoms with Crippen molar-refractivity contribution >= 4 is 59.1 Å². The number of hydrogen-bond donors (Lipinski definition) is 1. The fourth-order valence-corrected chi connectivity index (χ4v) is 6.09. The maximum Gasteiger partial charge on any atom is 0.263 e. The molecule has 0 bridgehead atoms. The van der Waals surface area contributed by atoms with E-state index < -0.39 is 33.2 Å². The Bertz CT molecular complexity index is 1170. The van der Waals surface area contributed by atoms with Gasteiger partial charge in [0.1, 0.15) is 11.5 Å². The number of thiazole rings is 1. The van der Waals surface area contributed by atoms with Crippen LogP contribution in [0.4, 0.5) is 0 Å². The number of hydrogen-bond acceptors (Lipinski definition) is 5. The van der Waals surface area contributed by atoms with E-state index in [0.29, 0.717) is 4.80 Å². The van der Waals surface area contributed by atoms with Gasteiger partial charge in [-0.15, -0.1) is 6.42 Å². The minimum Gasteiger partial charge on any atom is -0.352 e. The molecule has 1 aromatic heterocycles. The van der Waals surface area contributed by atoms with E-state index in [1.807, 2.05) is 18.2 Å². The molecule has 7 nitrogen and oxygen atoms in total. The topological polar surface area (TPSA) is 97.6 Å². The van der Waals surface area contributed by atoms with Crippen LogP contribution < -0.4 is 10.1 Å². The van der Waals surface area contributed by atoms with Crippen molar-refractivity contribution in [3.05, 3.63) is 27.5 Å². The van der Waals surface area contributed by atoms with Crippen LogP contribution in [0.1, 0.15) is 32.1 Å². The quantitative estimate of drug-likeness (QED) is 0.602. The van der Waals surface area contributed by atoms with Gasteiger partial charge in [-0.1, -0.05) is 52.4 Å². The summed E-state index contributed by atoms with van der Waals surface area (Å²) in [6.07, 6.45) is 10.3. The van der Waals surface area contributed by atoms with Crippen LogP contribution >= 0.6 is 27.3 Å². The number of halogens is 1. The summed E-state index contributed by atoms with van der Waals surface area (Å²) in [7, 11) is -3.92. The summed E-state index contributed by atoms with van der Waals surface area (Å²) in [6.45, 7) is 0.199. The van der Waals surface area contributed by atoms with Crippen LogP contribution in [-0.2, 0) is 26.0 Å². The molecule has 0 unspecified atom stereocenters. The van der Waals surface area contributed by atoms with E-state index in [-0.39, 0.29) is 12.6 Å². The molecule has 30 heavy (non-hydrogen) atoms. The fourth-order valence-electron chi connectivity index (χ4n) is 3.47. The molecular weight excluding hydrogens is 490 g/mol. The van der Waals surface area contributed by atoms with E-state index in [2.05, 4.69) is 32.2 Å². The summed E-state index contributed by atoms with van der Waals surface area (Å²) in [6, 6.07) is 5.59. The van der Waals surface area contributed by atoms with Gasteiger partial charge >= 0.3 is 0 Å². The Morgan fingerprint density at radius 1 is 1.27 bits per heavy atom. The number of carbonyl (C=O) groups is 2. The molecule has 10 heteroatoms. The van der Waals surface area contributed by atoms with Crippen molar-refractivity contribution in [2.45, 2.75) is 44.7 Å². The van der Waals surface area contributed by atoms with Gasteiger partial charge in [0.25, 0.3) is 5.91 Å². The minimum absolute atomic E-state index is 0.0161. The third kappa shape index (κ3) is 6.03. The third-order valence-corrected chi connectivity index (χ3v) is 7.70. The summed E-state index contributed by atoms with van der Waals surface area (Å²) in [5.74, 6) is -0.403. The zero-order valence-electron chi connectivity index (χ0n) is 16.3. The summed E-state index contributed by atoms with van der Waals surface area (Å²) >= 11 is 4.64. The number of nitrogens with zero attached hydrogens (tertiary/aromatic N) is 2. The highest BCUT2D eigenvalue weighted by Crippen LogP contribution is 2.22. The normalized spacial score (nSPS) is 15.8. The molecule has 0 spiro atoms. The SMILES string of the molecule is C#CCn1c(=NC(=O)CS(=O)(=O)CC(=O)NC2CCCCC2)sc2cc(Br)ccc21. The summed E-state index contributed by atoms with van der Waals surface area (Å²) in [5, 5.41) is 2.76. The number of benzene rings is 1. The maximum absolute atomic E-state index is 12.4. The zero-order chi connectivity index (χ0) is 21.7. The van der Waals surface area contributed by atoms with Crippen LogP contribution in [-0.4, -0.2) is 42.3 Å². The molecule has 1 aliphatic rings. The Balaban J connectivity index is 1.73. The number of fused-ring (bicyclic) bond motifs is 1. The van der Waals surface area contributed by atoms with Gasteiger partial charge < -0.3 is 9.88 Å². The largest absolute Gasteiger partial charge is 0.352 e. The lowest BCUT2D eigenvalue weighted by Crippen LogP contribution is -2.40. The lowest BCUT2D eigenvalue weighted by Gasteiger charge is -2.22. The molecule has 1 aromatic carbocycles. The maximum atomic E-state index is 12.4. The van der Waals surface area contributed by atoms with E-state index in [1.165, 1.54) is 11.3 Å². The Morgan fingerprint density at radius 3 is 2.70 bits per heavy atom. The zero-order valence-corrected chi connectivity index (χ0v) is 19.5. The monoisotopic (exact) mass is 511 g/mol. The molecule has 1 aliphatic carbocycles. The Morgan fingerprint density at radius 2 is 2.00 bits per heavy atom. The van der Waals surface area contributed by atoms with Gasteiger partial charge in [0.15, 0.2) is 14.6 Å². The summed E-state index contributed by atoms with van der Waals surface area (Å²) in [5.41, 5.74) is 0.808. The molecule has 1 heterocycles. The summed E-state index contributed by atoms with van der Waals surface area (Å²) < 4.78 is 28.1. The van der Waals surface area contributed by atoms with Gasteiger partial charge in [0, 0.05) is 10.5 Å². The molecule has 0 saturated heterocycles. The first-order chi connectivity index (χ1) is 14.3. The third-order valence-electron chi connectivity index (χ3n) is 4.78. The van der Waals surface area contributed by atoms with Crippen molar-refractivity contribution < 1.29 is 18.0 Å². The average Bonchev–Trinajstić information content (AvgIpc) is 2.97. The van der Waals surface area contributed by atoms with Crippen LogP contribution in [0.2, 0.25) is 0 Å². The van der Waals surface area contributed by atoms with Crippen molar-refractivity contribution in [3.63, 3.8) is 0 Å². The molecule has 0 aliphatic heterocycles. The Hall–Kier alpha value is -1.96. The number of aromatic nitrogens is 1. The number of sulfone groups is 1. The molecule has 1 N–H and O–H groups in total. The number of carbonyl (C=O) groups excluding carboxylic acids is 2. The minimum atomic E-state index is -3.92. The van der Waals surface area contributed by atoms with E-state index in [1.54, 1.807) is 4.57 Å². The number of terminal acetylenes is 1. The van der Waals surface area contributed by atoms with Crippen molar-refractivity contribution in [1.29, 1.82) is 0 Å². The standard InChI is InChI=1S/C20H22BrN3O4S2/c1-2-10-24-16-9-8-14(21)11-17(16)29-20(24)23-19(26)13-30(27,28)12-18(25)22-15-6-4-3-5-7-15/h1,8-9,11,15H,3-7,10,12-13H2,(H,22,25). The lowest BCUT2D eigenvalue weighted by molar-refractivity contribution is -0.119.